The van der Waals surface area contributed by atoms with Gasteiger partial charge < -0.3 is 25.1 Å². The summed E-state index contributed by atoms with van der Waals surface area (Å²) in [7, 11) is -3.81. The summed E-state index contributed by atoms with van der Waals surface area (Å²) in [5, 5.41) is 10.4. The van der Waals surface area contributed by atoms with Gasteiger partial charge in [0.2, 0.25) is 0 Å². The third-order valence-electron chi connectivity index (χ3n) is 6.68. The van der Waals surface area contributed by atoms with Crippen LogP contribution in [0.4, 0.5) is 24.5 Å². The minimum atomic E-state index is -5.08. The molecule has 2 aromatic carbocycles. The highest BCUT2D eigenvalue weighted by Crippen LogP contribution is 2.31. The van der Waals surface area contributed by atoms with Crippen LogP contribution in [0.3, 0.4) is 0 Å². The van der Waals surface area contributed by atoms with Gasteiger partial charge in [-0.05, 0) is 43.3 Å². The molecule has 2 aromatic rings. The molecule has 1 amide bonds. The van der Waals surface area contributed by atoms with Crippen molar-refractivity contribution >= 4 is 33.3 Å². The van der Waals surface area contributed by atoms with Gasteiger partial charge in [-0.1, -0.05) is 25.1 Å². The van der Waals surface area contributed by atoms with Gasteiger partial charge in [-0.25, -0.2) is 13.2 Å². The van der Waals surface area contributed by atoms with Gasteiger partial charge in [-0.15, -0.1) is 0 Å². The summed E-state index contributed by atoms with van der Waals surface area (Å²) in [5.41, 5.74) is 2.41. The molecule has 3 N–H and O–H groups in total. The van der Waals surface area contributed by atoms with E-state index in [0.29, 0.717) is 29.9 Å². The maximum atomic E-state index is 13.3. The third-order valence-corrected chi connectivity index (χ3v) is 8.20. The smallest absolute Gasteiger partial charge is 0.475 e. The lowest BCUT2D eigenvalue weighted by Gasteiger charge is -2.34. The number of sulfonamides is 1. The number of nitrogens with one attached hydrogen (secondary N) is 2. The molecule has 2 saturated heterocycles. The zero-order chi connectivity index (χ0) is 29.5. The number of carboxylic acids is 1. The van der Waals surface area contributed by atoms with Crippen LogP contribution in [0.1, 0.15) is 22.8 Å². The van der Waals surface area contributed by atoms with Crippen LogP contribution in [-0.2, 0) is 14.8 Å². The molecule has 4 rings (SSSR count). The molecule has 0 aromatic heterocycles. The van der Waals surface area contributed by atoms with Gasteiger partial charge >= 0.3 is 12.1 Å². The first-order valence-corrected chi connectivity index (χ1v) is 14.3. The highest BCUT2D eigenvalue weighted by Gasteiger charge is 2.38. The van der Waals surface area contributed by atoms with Gasteiger partial charge in [0, 0.05) is 57.9 Å². The number of carbonyl (C=O) groups excluding carboxylic acids is 1. The van der Waals surface area contributed by atoms with E-state index < -0.39 is 22.2 Å². The van der Waals surface area contributed by atoms with Crippen LogP contribution >= 0.6 is 0 Å². The van der Waals surface area contributed by atoms with E-state index in [1.807, 2.05) is 23.1 Å². The Balaban J connectivity index is 0.000000559. The molecule has 10 nitrogen and oxygen atoms in total. The number of halogens is 3. The fraction of sp³-hybridized carbons (Fsp3) is 0.462. The highest BCUT2D eigenvalue weighted by molar-refractivity contribution is 7.92. The second kappa shape index (κ2) is 13.3. The van der Waals surface area contributed by atoms with Crippen LogP contribution in [0.2, 0.25) is 0 Å². The van der Waals surface area contributed by atoms with Crippen LogP contribution in [0.25, 0.3) is 0 Å². The van der Waals surface area contributed by atoms with E-state index in [4.69, 9.17) is 9.90 Å². The Bertz CT molecular complexity index is 1290. The molecule has 220 valence electrons. The molecule has 0 bridgehead atoms. The second-order valence-electron chi connectivity index (χ2n) is 9.37. The maximum absolute atomic E-state index is 13.3. The Morgan fingerprint density at radius 3 is 2.15 bits per heavy atom. The Morgan fingerprint density at radius 1 is 1.00 bits per heavy atom. The summed E-state index contributed by atoms with van der Waals surface area (Å²) in [4.78, 5) is 28.7. The summed E-state index contributed by atoms with van der Waals surface area (Å²) in [6.45, 7) is 11.1. The molecule has 14 heteroatoms. The number of hydrogen-bond donors (Lipinski definition) is 3. The standard InChI is InChI=1S/C24H33N5O3S.C2HF3O2/c1-3-27-14-16-29(17-15-27)24(30)20-8-9-22(28-12-10-25-11-13-28)21(18-20)26-33(31,32)23-7-5-4-6-19(23)2;3-2(4,5)1(6)7/h4-9,18,25-26H,3,10-17H2,1-2H3;(H,6,7). The molecule has 0 spiro atoms. The van der Waals surface area contributed by atoms with Gasteiger partial charge in [-0.2, -0.15) is 13.2 Å². The molecule has 2 aliphatic heterocycles. The van der Waals surface area contributed by atoms with E-state index in [1.54, 1.807) is 31.2 Å². The average Bonchev–Trinajstić information content (AvgIpc) is 2.93. The lowest BCUT2D eigenvalue weighted by Crippen LogP contribution is -2.48. The van der Waals surface area contributed by atoms with Crippen LogP contribution in [-0.4, -0.2) is 100 Å². The molecule has 2 aliphatic rings. The number of piperazine rings is 2. The Kier molecular flexibility index (Phi) is 10.4. The van der Waals surface area contributed by atoms with Gasteiger partial charge in [0.25, 0.3) is 15.9 Å². The second-order valence-corrected chi connectivity index (χ2v) is 11.0. The van der Waals surface area contributed by atoms with E-state index in [-0.39, 0.29) is 10.8 Å². The number of aliphatic carboxylic acids is 1. The van der Waals surface area contributed by atoms with Crippen molar-refractivity contribution in [2.45, 2.75) is 24.9 Å². The summed E-state index contributed by atoms with van der Waals surface area (Å²) >= 11 is 0. The number of carboxylic acid groups (broad SMARTS) is 1. The average molecular weight is 586 g/mol. The monoisotopic (exact) mass is 585 g/mol. The summed E-state index contributed by atoms with van der Waals surface area (Å²) in [5.74, 6) is -2.82. The molecule has 40 heavy (non-hydrogen) atoms. The van der Waals surface area contributed by atoms with Crippen molar-refractivity contribution in [3.8, 4) is 0 Å². The van der Waals surface area contributed by atoms with Crippen molar-refractivity contribution in [2.24, 2.45) is 0 Å². The summed E-state index contributed by atoms with van der Waals surface area (Å²) in [6, 6.07) is 12.3. The van der Waals surface area contributed by atoms with E-state index >= 15 is 0 Å². The van der Waals surface area contributed by atoms with Crippen LogP contribution in [0, 0.1) is 6.92 Å². The number of rotatable bonds is 6. The van der Waals surface area contributed by atoms with Crippen molar-refractivity contribution in [1.29, 1.82) is 0 Å². The normalized spacial score (nSPS) is 16.6. The van der Waals surface area contributed by atoms with Gasteiger partial charge in [0.15, 0.2) is 0 Å². The van der Waals surface area contributed by atoms with Crippen molar-refractivity contribution in [1.82, 2.24) is 15.1 Å². The van der Waals surface area contributed by atoms with Crippen LogP contribution in [0.15, 0.2) is 47.4 Å². The van der Waals surface area contributed by atoms with Gasteiger partial charge in [0.05, 0.1) is 16.3 Å². The first-order chi connectivity index (χ1) is 18.8. The van der Waals surface area contributed by atoms with Crippen molar-refractivity contribution in [3.05, 3.63) is 53.6 Å². The molecule has 2 fully saturated rings. The lowest BCUT2D eigenvalue weighted by molar-refractivity contribution is -0.192. The van der Waals surface area contributed by atoms with E-state index in [2.05, 4.69) is 26.8 Å². The number of likely N-dealkylation sites (N-methyl/N-ethyl adjacent to an activating group) is 1. The predicted molar refractivity (Wildman–Crippen MR) is 145 cm³/mol. The summed E-state index contributed by atoms with van der Waals surface area (Å²) in [6.07, 6.45) is -5.08. The number of benzene rings is 2. The quantitative estimate of drug-likeness (QED) is 0.473. The molecular weight excluding hydrogens is 551 g/mol. The van der Waals surface area contributed by atoms with Gasteiger partial charge in [0.1, 0.15) is 0 Å². The highest BCUT2D eigenvalue weighted by atomic mass is 32.2. The van der Waals surface area contributed by atoms with Crippen molar-refractivity contribution in [2.75, 3.05) is 68.5 Å². The SMILES string of the molecule is CCN1CCN(C(=O)c2ccc(N3CCNCC3)c(NS(=O)(=O)c3ccccc3C)c2)CC1.O=C(O)C(F)(F)F. The molecule has 0 atom stereocenters. The number of carbonyl (C=O) groups is 2. The molecule has 0 aliphatic carbocycles. The zero-order valence-corrected chi connectivity index (χ0v) is 23.2. The molecule has 0 unspecified atom stereocenters. The fourth-order valence-corrected chi connectivity index (χ4v) is 5.75. The molecular formula is C26H34F3N5O5S. The Labute approximate surface area is 231 Å². The minimum Gasteiger partial charge on any atom is -0.475 e. The van der Waals surface area contributed by atoms with Crippen molar-refractivity contribution < 1.29 is 36.3 Å². The van der Waals surface area contributed by atoms with E-state index in [9.17, 15) is 26.4 Å². The lowest BCUT2D eigenvalue weighted by atomic mass is 10.1. The zero-order valence-electron chi connectivity index (χ0n) is 22.4. The van der Waals surface area contributed by atoms with E-state index in [0.717, 1.165) is 51.5 Å². The topological polar surface area (TPSA) is 122 Å². The van der Waals surface area contributed by atoms with Gasteiger partial charge in [-0.3, -0.25) is 9.52 Å². The largest absolute Gasteiger partial charge is 0.490 e. The number of hydrogen-bond acceptors (Lipinski definition) is 7. The first kappa shape index (κ1) is 31.2. The maximum Gasteiger partial charge on any atom is 0.490 e. The minimum absolute atomic E-state index is 0.0612. The Hall–Kier alpha value is -3.36. The fourth-order valence-electron chi connectivity index (χ4n) is 4.44. The number of amides is 1. The number of nitrogens with zero attached hydrogens (tertiary/aromatic N) is 3. The van der Waals surface area contributed by atoms with Crippen LogP contribution in [0.5, 0.6) is 0 Å². The third kappa shape index (κ3) is 8.08. The van der Waals surface area contributed by atoms with Crippen LogP contribution < -0.4 is 14.9 Å². The van der Waals surface area contributed by atoms with Crippen molar-refractivity contribution in [3.63, 3.8) is 0 Å². The number of aryl methyl sites for hydroxylation is 1. The predicted octanol–water partition coefficient (Wildman–Crippen LogP) is 2.62. The molecule has 0 saturated carbocycles. The summed E-state index contributed by atoms with van der Waals surface area (Å²) < 4.78 is 61.1. The number of alkyl halides is 3. The molecule has 2 heterocycles. The first-order valence-electron chi connectivity index (χ1n) is 12.8. The van der Waals surface area contributed by atoms with E-state index in [1.165, 1.54) is 0 Å². The Morgan fingerprint density at radius 2 is 1.60 bits per heavy atom. The number of anilines is 2. The molecule has 0 radical (unpaired) electrons.